The van der Waals surface area contributed by atoms with Crippen LogP contribution in [0.3, 0.4) is 0 Å². The van der Waals surface area contributed by atoms with Crippen LogP contribution in [-0.4, -0.2) is 45.0 Å². The van der Waals surface area contributed by atoms with E-state index in [9.17, 15) is 0 Å². The Morgan fingerprint density at radius 3 is 2.91 bits per heavy atom. The third kappa shape index (κ3) is 2.59. The quantitative estimate of drug-likeness (QED) is 0.658. The molecule has 1 aliphatic rings. The van der Waals surface area contributed by atoms with E-state index in [0.29, 0.717) is 18.1 Å². The average Bonchev–Trinajstić information content (AvgIpc) is 3.00. The number of hydrogen-bond donors (Lipinski definition) is 3. The molecule has 4 rings (SSSR count). The van der Waals surface area contributed by atoms with Gasteiger partial charge in [0.25, 0.3) is 0 Å². The molecule has 1 aromatic carbocycles. The van der Waals surface area contributed by atoms with Crippen LogP contribution in [0, 0.1) is 0 Å². The van der Waals surface area contributed by atoms with Crippen LogP contribution >= 0.6 is 0 Å². The molecule has 7 nitrogen and oxygen atoms in total. The fourth-order valence-corrected chi connectivity index (χ4v) is 2.93. The van der Waals surface area contributed by atoms with E-state index in [4.69, 9.17) is 5.11 Å². The van der Waals surface area contributed by atoms with Gasteiger partial charge in [-0.15, -0.1) is 0 Å². The zero-order valence-electron chi connectivity index (χ0n) is 12.7. The number of nitrogens with zero attached hydrogens (tertiary/aromatic N) is 4. The Morgan fingerprint density at radius 1 is 1.22 bits per heavy atom. The van der Waals surface area contributed by atoms with Gasteiger partial charge >= 0.3 is 0 Å². The highest BCUT2D eigenvalue weighted by molar-refractivity contribution is 5.91. The smallest absolute Gasteiger partial charge is 0.226 e. The predicted octanol–water partition coefficient (Wildman–Crippen LogP) is 1.32. The van der Waals surface area contributed by atoms with Gasteiger partial charge in [0.2, 0.25) is 5.95 Å². The fourth-order valence-electron chi connectivity index (χ4n) is 2.93. The Kier molecular flexibility index (Phi) is 3.55. The molecule has 0 spiro atoms. The molecule has 0 bridgehead atoms. The molecule has 118 valence electrons. The molecular formula is C16H18N6O. The van der Waals surface area contributed by atoms with E-state index < -0.39 is 0 Å². The molecule has 0 atom stereocenters. The summed E-state index contributed by atoms with van der Waals surface area (Å²) in [5, 5.41) is 20.4. The summed E-state index contributed by atoms with van der Waals surface area (Å²) in [7, 11) is 0. The third-order valence-electron chi connectivity index (χ3n) is 4.01. The van der Waals surface area contributed by atoms with Crippen LogP contribution in [-0.2, 0) is 13.0 Å². The molecular weight excluding hydrogens is 292 g/mol. The topological polar surface area (TPSA) is 90.0 Å². The zero-order valence-corrected chi connectivity index (χ0v) is 12.7. The van der Waals surface area contributed by atoms with Gasteiger partial charge in [-0.1, -0.05) is 30.3 Å². The number of aliphatic hydroxyl groups is 1. The summed E-state index contributed by atoms with van der Waals surface area (Å²) in [6.45, 7) is 2.14. The van der Waals surface area contributed by atoms with Crippen LogP contribution in [0.4, 0.5) is 11.8 Å². The van der Waals surface area contributed by atoms with Gasteiger partial charge in [-0.3, -0.25) is 5.10 Å². The van der Waals surface area contributed by atoms with Gasteiger partial charge in [0, 0.05) is 26.1 Å². The lowest BCUT2D eigenvalue weighted by molar-refractivity contribution is 0.311. The summed E-state index contributed by atoms with van der Waals surface area (Å²) in [5.41, 5.74) is 3.01. The number of benzene rings is 1. The number of aliphatic hydroxyl groups excluding tert-OH is 1. The van der Waals surface area contributed by atoms with Crippen molar-refractivity contribution < 1.29 is 5.11 Å². The van der Waals surface area contributed by atoms with Gasteiger partial charge < -0.3 is 15.3 Å². The Labute approximate surface area is 133 Å². The van der Waals surface area contributed by atoms with E-state index in [0.717, 1.165) is 36.4 Å². The number of anilines is 2. The minimum atomic E-state index is 0.0380. The van der Waals surface area contributed by atoms with Gasteiger partial charge in [-0.25, -0.2) is 0 Å². The summed E-state index contributed by atoms with van der Waals surface area (Å²) in [6, 6.07) is 10.4. The molecule has 0 aliphatic carbocycles. The SMILES string of the molecule is OCCNc1nc2c3c([nH]nc3n1)CCN2Cc1ccccc1. The lowest BCUT2D eigenvalue weighted by Gasteiger charge is -2.28. The third-order valence-corrected chi connectivity index (χ3v) is 4.01. The monoisotopic (exact) mass is 310 g/mol. The lowest BCUT2D eigenvalue weighted by atomic mass is 10.1. The van der Waals surface area contributed by atoms with Crippen molar-refractivity contribution in [3.8, 4) is 0 Å². The highest BCUT2D eigenvalue weighted by atomic mass is 16.3. The Balaban J connectivity index is 1.73. The standard InChI is InChI=1S/C16H18N6O/c23-9-7-17-16-18-14-13-12(20-21-14)6-8-22(15(13)19-16)10-11-4-2-1-3-5-11/h1-5,23H,6-10H2,(H2,17,18,19,20,21). The van der Waals surface area contributed by atoms with Gasteiger partial charge in [-0.2, -0.15) is 15.1 Å². The van der Waals surface area contributed by atoms with Crippen LogP contribution in [0.25, 0.3) is 11.0 Å². The second kappa shape index (κ2) is 5.85. The maximum atomic E-state index is 8.98. The largest absolute Gasteiger partial charge is 0.395 e. The highest BCUT2D eigenvalue weighted by Crippen LogP contribution is 2.32. The molecule has 7 heteroatoms. The van der Waals surface area contributed by atoms with Gasteiger partial charge in [0.15, 0.2) is 5.65 Å². The van der Waals surface area contributed by atoms with E-state index in [-0.39, 0.29) is 6.61 Å². The number of H-pyrrole nitrogens is 1. The van der Waals surface area contributed by atoms with Crippen LogP contribution in [0.1, 0.15) is 11.3 Å². The first-order chi connectivity index (χ1) is 11.3. The van der Waals surface area contributed by atoms with Crippen molar-refractivity contribution in [3.63, 3.8) is 0 Å². The molecule has 3 aromatic rings. The fraction of sp³-hybridized carbons (Fsp3) is 0.312. The summed E-state index contributed by atoms with van der Waals surface area (Å²) in [6.07, 6.45) is 0.906. The summed E-state index contributed by atoms with van der Waals surface area (Å²) >= 11 is 0. The van der Waals surface area contributed by atoms with Gasteiger partial charge in [0.05, 0.1) is 17.7 Å². The average molecular weight is 310 g/mol. The van der Waals surface area contributed by atoms with Crippen LogP contribution in [0.15, 0.2) is 30.3 Å². The highest BCUT2D eigenvalue weighted by Gasteiger charge is 2.24. The Morgan fingerprint density at radius 2 is 2.09 bits per heavy atom. The van der Waals surface area contributed by atoms with E-state index >= 15 is 0 Å². The van der Waals surface area contributed by atoms with Crippen LogP contribution < -0.4 is 10.2 Å². The number of rotatable bonds is 5. The van der Waals surface area contributed by atoms with Crippen LogP contribution in [0.2, 0.25) is 0 Å². The van der Waals surface area contributed by atoms with Gasteiger partial charge in [0.1, 0.15) is 5.82 Å². The molecule has 23 heavy (non-hydrogen) atoms. The van der Waals surface area contributed by atoms with E-state index in [1.54, 1.807) is 0 Å². The molecule has 0 radical (unpaired) electrons. The van der Waals surface area contributed by atoms with Crippen molar-refractivity contribution in [2.45, 2.75) is 13.0 Å². The molecule has 3 heterocycles. The molecule has 2 aromatic heterocycles. The summed E-state index contributed by atoms with van der Waals surface area (Å²) in [4.78, 5) is 11.3. The van der Waals surface area contributed by atoms with Crippen molar-refractivity contribution >= 4 is 22.8 Å². The van der Waals surface area contributed by atoms with E-state index in [1.807, 2.05) is 18.2 Å². The number of hydrogen-bond acceptors (Lipinski definition) is 6. The second-order valence-corrected chi connectivity index (χ2v) is 5.58. The van der Waals surface area contributed by atoms with E-state index in [1.165, 1.54) is 5.56 Å². The Bertz CT molecular complexity index is 816. The summed E-state index contributed by atoms with van der Waals surface area (Å²) < 4.78 is 0. The Hall–Kier alpha value is -2.67. The molecule has 0 unspecified atom stereocenters. The normalized spacial score (nSPS) is 13.5. The number of nitrogens with one attached hydrogen (secondary N) is 2. The van der Waals surface area contributed by atoms with E-state index in [2.05, 4.69) is 42.5 Å². The first-order valence-electron chi connectivity index (χ1n) is 7.74. The minimum absolute atomic E-state index is 0.0380. The van der Waals surface area contributed by atoms with Crippen LogP contribution in [0.5, 0.6) is 0 Å². The predicted molar refractivity (Wildman–Crippen MR) is 88.5 cm³/mol. The number of aromatic nitrogens is 4. The van der Waals surface area contributed by atoms with Crippen molar-refractivity contribution in [2.24, 2.45) is 0 Å². The molecule has 0 fully saturated rings. The van der Waals surface area contributed by atoms with Gasteiger partial charge in [-0.05, 0) is 5.56 Å². The molecule has 0 saturated carbocycles. The molecule has 0 amide bonds. The molecule has 1 aliphatic heterocycles. The van der Waals surface area contributed by atoms with Crippen molar-refractivity contribution in [2.75, 3.05) is 29.9 Å². The lowest BCUT2D eigenvalue weighted by Crippen LogP contribution is -2.29. The van der Waals surface area contributed by atoms with Crippen molar-refractivity contribution in [1.82, 2.24) is 20.2 Å². The van der Waals surface area contributed by atoms with Crippen molar-refractivity contribution in [3.05, 3.63) is 41.6 Å². The molecule has 0 saturated heterocycles. The minimum Gasteiger partial charge on any atom is -0.395 e. The zero-order chi connectivity index (χ0) is 15.6. The maximum Gasteiger partial charge on any atom is 0.226 e. The molecule has 3 N–H and O–H groups in total. The summed E-state index contributed by atoms with van der Waals surface area (Å²) in [5.74, 6) is 1.40. The first-order valence-corrected chi connectivity index (χ1v) is 7.74. The second-order valence-electron chi connectivity index (χ2n) is 5.58. The first kappa shape index (κ1) is 14.0. The maximum absolute atomic E-state index is 8.98. The number of aromatic amines is 1. The van der Waals surface area contributed by atoms with Crippen molar-refractivity contribution in [1.29, 1.82) is 0 Å².